The number of rotatable bonds is 6. The van der Waals surface area contributed by atoms with E-state index >= 15 is 0 Å². The Labute approximate surface area is 118 Å². The highest BCUT2D eigenvalue weighted by Gasteiger charge is 2.36. The van der Waals surface area contributed by atoms with E-state index in [1.165, 1.54) is 5.56 Å². The molecule has 0 aromatic heterocycles. The Kier molecular flexibility index (Phi) is 5.82. The van der Waals surface area contributed by atoms with Crippen LogP contribution in [-0.4, -0.2) is 14.9 Å². The Balaban J connectivity index is 2.25. The summed E-state index contributed by atoms with van der Waals surface area (Å²) in [5.74, 6) is 0. The Morgan fingerprint density at radius 1 is 1.11 bits per heavy atom. The predicted molar refractivity (Wildman–Crippen MR) is 83.5 cm³/mol. The maximum atomic E-state index is 6.02. The van der Waals surface area contributed by atoms with Crippen molar-refractivity contribution in [2.24, 2.45) is 0 Å². The average Bonchev–Trinajstić information content (AvgIpc) is 2.33. The van der Waals surface area contributed by atoms with Gasteiger partial charge in [0.2, 0.25) is 0 Å². The highest BCUT2D eigenvalue weighted by atomic mass is 28.4. The molecule has 0 amide bonds. The summed E-state index contributed by atoms with van der Waals surface area (Å²) < 4.78 is 11.5. The second kappa shape index (κ2) is 6.92. The van der Waals surface area contributed by atoms with E-state index in [1.54, 1.807) is 6.26 Å². The van der Waals surface area contributed by atoms with Crippen molar-refractivity contribution >= 4 is 8.32 Å². The molecule has 106 valence electrons. The van der Waals surface area contributed by atoms with E-state index in [0.29, 0.717) is 13.2 Å². The lowest BCUT2D eigenvalue weighted by molar-refractivity contribution is 0.231. The lowest BCUT2D eigenvalue weighted by Gasteiger charge is -2.35. The molecule has 19 heavy (non-hydrogen) atoms. The SMILES string of the molecule is CC(C)(C)[Si](C)(C)OC/C=C/OCc1ccccc1. The van der Waals surface area contributed by atoms with E-state index in [-0.39, 0.29) is 5.04 Å². The van der Waals surface area contributed by atoms with Crippen molar-refractivity contribution in [1.82, 2.24) is 0 Å². The van der Waals surface area contributed by atoms with Gasteiger partial charge in [-0.2, -0.15) is 0 Å². The molecule has 0 atom stereocenters. The predicted octanol–water partition coefficient (Wildman–Crippen LogP) is 4.74. The minimum absolute atomic E-state index is 0.256. The maximum absolute atomic E-state index is 6.02. The molecule has 1 aromatic carbocycles. The second-order valence-electron chi connectivity index (χ2n) is 6.24. The zero-order chi connectivity index (χ0) is 14.4. The highest BCUT2D eigenvalue weighted by Crippen LogP contribution is 2.36. The molecule has 0 fully saturated rings. The summed E-state index contributed by atoms with van der Waals surface area (Å²) in [5.41, 5.74) is 1.18. The molecule has 0 unspecified atom stereocenters. The van der Waals surface area contributed by atoms with E-state index in [2.05, 4.69) is 46.0 Å². The molecule has 0 spiro atoms. The van der Waals surface area contributed by atoms with Crippen LogP contribution in [0.15, 0.2) is 42.7 Å². The summed E-state index contributed by atoms with van der Waals surface area (Å²) >= 11 is 0. The van der Waals surface area contributed by atoms with Gasteiger partial charge in [0.15, 0.2) is 8.32 Å². The Hall–Kier alpha value is -1.06. The Morgan fingerprint density at radius 2 is 1.74 bits per heavy atom. The van der Waals surface area contributed by atoms with Gasteiger partial charge in [-0.3, -0.25) is 0 Å². The first-order valence-electron chi connectivity index (χ1n) is 6.77. The van der Waals surface area contributed by atoms with Crippen molar-refractivity contribution in [3.8, 4) is 0 Å². The van der Waals surface area contributed by atoms with Gasteiger partial charge in [-0.05, 0) is 29.8 Å². The van der Waals surface area contributed by atoms with Crippen molar-refractivity contribution in [2.45, 2.75) is 45.5 Å². The van der Waals surface area contributed by atoms with E-state index in [0.717, 1.165) is 0 Å². The minimum Gasteiger partial charge on any atom is -0.497 e. The van der Waals surface area contributed by atoms with Crippen LogP contribution in [0.4, 0.5) is 0 Å². The van der Waals surface area contributed by atoms with Gasteiger partial charge in [0, 0.05) is 0 Å². The van der Waals surface area contributed by atoms with Gasteiger partial charge in [0.1, 0.15) is 6.61 Å². The highest BCUT2D eigenvalue weighted by molar-refractivity contribution is 6.74. The number of ether oxygens (including phenoxy) is 1. The molecule has 0 saturated heterocycles. The fourth-order valence-electron chi connectivity index (χ4n) is 1.30. The third-order valence-electron chi connectivity index (χ3n) is 3.63. The largest absolute Gasteiger partial charge is 0.497 e. The maximum Gasteiger partial charge on any atom is 0.192 e. The molecule has 0 aliphatic rings. The summed E-state index contributed by atoms with van der Waals surface area (Å²) in [6, 6.07) is 10.2. The molecule has 0 aliphatic heterocycles. The summed E-state index contributed by atoms with van der Waals surface area (Å²) in [6.07, 6.45) is 3.68. The van der Waals surface area contributed by atoms with Crippen LogP contribution >= 0.6 is 0 Å². The van der Waals surface area contributed by atoms with Crippen LogP contribution in [0.1, 0.15) is 26.3 Å². The molecule has 0 radical (unpaired) electrons. The van der Waals surface area contributed by atoms with Crippen molar-refractivity contribution in [3.05, 3.63) is 48.2 Å². The molecular formula is C16H26O2Si. The van der Waals surface area contributed by atoms with Gasteiger partial charge in [0.05, 0.1) is 12.9 Å². The summed E-state index contributed by atoms with van der Waals surface area (Å²) in [5, 5.41) is 0.256. The fraction of sp³-hybridized carbons (Fsp3) is 0.500. The van der Waals surface area contributed by atoms with E-state index in [1.807, 2.05) is 24.3 Å². The van der Waals surface area contributed by atoms with Crippen LogP contribution in [-0.2, 0) is 15.8 Å². The van der Waals surface area contributed by atoms with Gasteiger partial charge in [-0.1, -0.05) is 51.1 Å². The quantitative estimate of drug-likeness (QED) is 0.553. The molecule has 0 saturated carbocycles. The van der Waals surface area contributed by atoms with Crippen LogP contribution in [0, 0.1) is 0 Å². The zero-order valence-electron chi connectivity index (χ0n) is 12.8. The molecule has 0 heterocycles. The van der Waals surface area contributed by atoms with Gasteiger partial charge in [-0.25, -0.2) is 0 Å². The summed E-state index contributed by atoms with van der Waals surface area (Å²) in [4.78, 5) is 0. The smallest absolute Gasteiger partial charge is 0.192 e. The molecular weight excluding hydrogens is 252 g/mol. The van der Waals surface area contributed by atoms with Crippen LogP contribution < -0.4 is 0 Å². The first-order chi connectivity index (χ1) is 8.83. The van der Waals surface area contributed by atoms with Gasteiger partial charge < -0.3 is 9.16 Å². The average molecular weight is 278 g/mol. The van der Waals surface area contributed by atoms with Crippen LogP contribution in [0.2, 0.25) is 18.1 Å². The topological polar surface area (TPSA) is 18.5 Å². The lowest BCUT2D eigenvalue weighted by atomic mass is 10.2. The Morgan fingerprint density at radius 3 is 2.32 bits per heavy atom. The number of hydrogen-bond acceptors (Lipinski definition) is 2. The normalized spacial score (nSPS) is 12.9. The van der Waals surface area contributed by atoms with Crippen LogP contribution in [0.25, 0.3) is 0 Å². The van der Waals surface area contributed by atoms with Gasteiger partial charge in [0.25, 0.3) is 0 Å². The molecule has 0 N–H and O–H groups in total. The van der Waals surface area contributed by atoms with Crippen molar-refractivity contribution in [3.63, 3.8) is 0 Å². The van der Waals surface area contributed by atoms with E-state index < -0.39 is 8.32 Å². The van der Waals surface area contributed by atoms with Gasteiger partial charge in [-0.15, -0.1) is 0 Å². The molecule has 1 rings (SSSR count). The monoisotopic (exact) mass is 278 g/mol. The Bertz CT molecular complexity index is 391. The standard InChI is InChI=1S/C16H26O2Si/c1-16(2,3)19(4,5)18-13-9-12-17-14-15-10-7-6-8-11-15/h6-12H,13-14H2,1-5H3/b12-9+. The van der Waals surface area contributed by atoms with Crippen molar-refractivity contribution in [1.29, 1.82) is 0 Å². The number of benzene rings is 1. The molecule has 1 aromatic rings. The molecule has 0 aliphatic carbocycles. The fourth-order valence-corrected chi connectivity index (χ4v) is 2.24. The van der Waals surface area contributed by atoms with Gasteiger partial charge >= 0.3 is 0 Å². The third kappa shape index (κ3) is 5.62. The molecule has 2 nitrogen and oxygen atoms in total. The van der Waals surface area contributed by atoms with Crippen molar-refractivity contribution in [2.75, 3.05) is 6.61 Å². The van der Waals surface area contributed by atoms with Crippen LogP contribution in [0.5, 0.6) is 0 Å². The summed E-state index contributed by atoms with van der Waals surface area (Å²) in [6.45, 7) is 12.5. The van der Waals surface area contributed by atoms with Crippen LogP contribution in [0.3, 0.4) is 0 Å². The van der Waals surface area contributed by atoms with Crippen molar-refractivity contribution < 1.29 is 9.16 Å². The van der Waals surface area contributed by atoms with E-state index in [9.17, 15) is 0 Å². The number of hydrogen-bond donors (Lipinski definition) is 0. The minimum atomic E-state index is -1.64. The third-order valence-corrected chi connectivity index (χ3v) is 8.13. The van der Waals surface area contributed by atoms with E-state index in [4.69, 9.17) is 9.16 Å². The zero-order valence-corrected chi connectivity index (χ0v) is 13.8. The first-order valence-corrected chi connectivity index (χ1v) is 9.68. The second-order valence-corrected chi connectivity index (χ2v) is 11.0. The molecule has 0 bridgehead atoms. The summed E-state index contributed by atoms with van der Waals surface area (Å²) in [7, 11) is -1.64. The lowest BCUT2D eigenvalue weighted by Crippen LogP contribution is -2.40. The molecule has 3 heteroatoms. The first kappa shape index (κ1) is 16.0.